The Morgan fingerprint density at radius 1 is 1.32 bits per heavy atom. The average Bonchev–Trinajstić information content (AvgIpc) is 2.70. The standard InChI is InChI=1S/C14H27N3OS/c1-13(2,3)11-9-19-12(16-11)7-10(17-15)8-18-14(4,5)6/h9-10,17H,7-8,15H2,1-6H3. The Kier molecular flexibility index (Phi) is 5.50. The number of nitrogens with one attached hydrogen (secondary N) is 1. The molecule has 110 valence electrons. The summed E-state index contributed by atoms with van der Waals surface area (Å²) in [6.45, 7) is 13.2. The van der Waals surface area contributed by atoms with Crippen LogP contribution < -0.4 is 11.3 Å². The Balaban J connectivity index is 2.59. The number of thiazole rings is 1. The molecule has 0 spiro atoms. The van der Waals surface area contributed by atoms with Crippen LogP contribution in [0.4, 0.5) is 0 Å². The van der Waals surface area contributed by atoms with Gasteiger partial charge in [0.05, 0.1) is 29.0 Å². The third-order valence-corrected chi connectivity index (χ3v) is 3.57. The van der Waals surface area contributed by atoms with Crippen LogP contribution in [0.3, 0.4) is 0 Å². The number of ether oxygens (including phenoxy) is 1. The second kappa shape index (κ2) is 6.31. The number of nitrogens with two attached hydrogens (primary N) is 1. The number of nitrogens with zero attached hydrogens (tertiary/aromatic N) is 1. The fraction of sp³-hybridized carbons (Fsp3) is 0.786. The minimum absolute atomic E-state index is 0.0955. The van der Waals surface area contributed by atoms with Gasteiger partial charge in [-0.2, -0.15) is 0 Å². The normalized spacial score (nSPS) is 14.7. The van der Waals surface area contributed by atoms with Gasteiger partial charge in [-0.05, 0) is 20.8 Å². The van der Waals surface area contributed by atoms with Crippen LogP contribution in [0.1, 0.15) is 52.2 Å². The van der Waals surface area contributed by atoms with E-state index in [4.69, 9.17) is 10.6 Å². The van der Waals surface area contributed by atoms with Crippen molar-refractivity contribution in [1.29, 1.82) is 0 Å². The van der Waals surface area contributed by atoms with Crippen molar-refractivity contribution in [1.82, 2.24) is 10.4 Å². The average molecular weight is 285 g/mol. The number of hydrazine groups is 1. The summed E-state index contributed by atoms with van der Waals surface area (Å²) in [7, 11) is 0. The predicted octanol–water partition coefficient (Wildman–Crippen LogP) is 2.63. The summed E-state index contributed by atoms with van der Waals surface area (Å²) in [6.07, 6.45) is 0.799. The van der Waals surface area contributed by atoms with Crippen LogP contribution in [-0.4, -0.2) is 23.2 Å². The van der Waals surface area contributed by atoms with E-state index in [0.717, 1.165) is 17.1 Å². The monoisotopic (exact) mass is 285 g/mol. The van der Waals surface area contributed by atoms with Crippen molar-refractivity contribution in [3.05, 3.63) is 16.1 Å². The highest BCUT2D eigenvalue weighted by Gasteiger charge is 2.20. The largest absolute Gasteiger partial charge is 0.374 e. The number of aromatic nitrogens is 1. The Labute approximate surface area is 120 Å². The quantitative estimate of drug-likeness (QED) is 0.645. The van der Waals surface area contributed by atoms with Crippen molar-refractivity contribution in [2.24, 2.45) is 5.84 Å². The van der Waals surface area contributed by atoms with Gasteiger partial charge in [0.1, 0.15) is 0 Å². The molecule has 0 fully saturated rings. The van der Waals surface area contributed by atoms with Gasteiger partial charge in [0.15, 0.2) is 0 Å². The zero-order valence-corrected chi connectivity index (χ0v) is 13.7. The molecule has 1 atom stereocenters. The molecule has 0 aliphatic rings. The molecule has 1 aromatic rings. The van der Waals surface area contributed by atoms with E-state index >= 15 is 0 Å². The Hall–Kier alpha value is -0.490. The molecule has 0 aliphatic carbocycles. The van der Waals surface area contributed by atoms with E-state index in [1.54, 1.807) is 11.3 Å². The molecule has 0 bridgehead atoms. The van der Waals surface area contributed by atoms with Gasteiger partial charge in [0.2, 0.25) is 0 Å². The fourth-order valence-corrected chi connectivity index (χ4v) is 2.58. The first kappa shape index (κ1) is 16.6. The van der Waals surface area contributed by atoms with Crippen molar-refractivity contribution in [2.45, 2.75) is 65.0 Å². The number of hydrogen-bond acceptors (Lipinski definition) is 5. The second-order valence-electron chi connectivity index (χ2n) is 6.87. The lowest BCUT2D eigenvalue weighted by Gasteiger charge is -2.23. The summed E-state index contributed by atoms with van der Waals surface area (Å²) in [5.41, 5.74) is 3.91. The van der Waals surface area contributed by atoms with E-state index in [-0.39, 0.29) is 17.1 Å². The summed E-state index contributed by atoms with van der Waals surface area (Å²) in [4.78, 5) is 4.68. The van der Waals surface area contributed by atoms with Gasteiger partial charge in [-0.3, -0.25) is 11.3 Å². The molecule has 1 aromatic heterocycles. The van der Waals surface area contributed by atoms with Crippen molar-refractivity contribution < 1.29 is 4.74 Å². The number of rotatable bonds is 5. The Morgan fingerprint density at radius 3 is 2.37 bits per heavy atom. The molecule has 3 N–H and O–H groups in total. The van der Waals surface area contributed by atoms with Crippen LogP contribution in [0.15, 0.2) is 5.38 Å². The molecule has 0 saturated carbocycles. The summed E-state index contributed by atoms with van der Waals surface area (Å²) < 4.78 is 5.76. The lowest BCUT2D eigenvalue weighted by molar-refractivity contribution is -0.0143. The van der Waals surface area contributed by atoms with E-state index < -0.39 is 0 Å². The zero-order chi connectivity index (χ0) is 14.7. The third-order valence-electron chi connectivity index (χ3n) is 2.69. The third kappa shape index (κ3) is 5.99. The predicted molar refractivity (Wildman–Crippen MR) is 81.3 cm³/mol. The molecule has 1 heterocycles. The minimum Gasteiger partial charge on any atom is -0.374 e. The SMILES string of the molecule is CC(C)(C)OCC(Cc1nc(C(C)(C)C)cs1)NN. The van der Waals surface area contributed by atoms with E-state index in [1.165, 1.54) is 0 Å². The molecule has 1 rings (SSSR count). The molecule has 0 radical (unpaired) electrons. The van der Waals surface area contributed by atoms with E-state index in [1.807, 2.05) is 20.8 Å². The van der Waals surface area contributed by atoms with Gasteiger partial charge in [0, 0.05) is 17.2 Å². The number of hydrogen-bond donors (Lipinski definition) is 2. The lowest BCUT2D eigenvalue weighted by atomic mass is 9.93. The summed E-state index contributed by atoms with van der Waals surface area (Å²) in [5, 5.41) is 3.23. The van der Waals surface area contributed by atoms with Gasteiger partial charge in [-0.15, -0.1) is 11.3 Å². The van der Waals surface area contributed by atoms with Gasteiger partial charge in [-0.1, -0.05) is 20.8 Å². The summed E-state index contributed by atoms with van der Waals surface area (Å²) in [5.74, 6) is 5.59. The smallest absolute Gasteiger partial charge is 0.0945 e. The maximum Gasteiger partial charge on any atom is 0.0945 e. The molecule has 0 amide bonds. The Bertz CT molecular complexity index is 390. The van der Waals surface area contributed by atoms with Crippen LogP contribution in [-0.2, 0) is 16.6 Å². The minimum atomic E-state index is -0.144. The molecule has 0 aromatic carbocycles. The van der Waals surface area contributed by atoms with E-state index in [9.17, 15) is 0 Å². The molecule has 5 heteroatoms. The van der Waals surface area contributed by atoms with Crippen LogP contribution in [0.5, 0.6) is 0 Å². The van der Waals surface area contributed by atoms with Gasteiger partial charge < -0.3 is 4.74 Å². The van der Waals surface area contributed by atoms with Crippen molar-refractivity contribution in [3.63, 3.8) is 0 Å². The van der Waals surface area contributed by atoms with Gasteiger partial charge in [0.25, 0.3) is 0 Å². The van der Waals surface area contributed by atoms with Crippen molar-refractivity contribution in [2.75, 3.05) is 6.61 Å². The van der Waals surface area contributed by atoms with Crippen LogP contribution in [0, 0.1) is 0 Å². The lowest BCUT2D eigenvalue weighted by Crippen LogP contribution is -2.42. The zero-order valence-electron chi connectivity index (χ0n) is 12.9. The first-order valence-corrected chi connectivity index (χ1v) is 7.55. The summed E-state index contributed by atoms with van der Waals surface area (Å²) >= 11 is 1.69. The maximum absolute atomic E-state index is 5.76. The highest BCUT2D eigenvalue weighted by Crippen LogP contribution is 2.24. The van der Waals surface area contributed by atoms with Gasteiger partial charge in [-0.25, -0.2) is 4.98 Å². The highest BCUT2D eigenvalue weighted by molar-refractivity contribution is 7.09. The fourth-order valence-electron chi connectivity index (χ4n) is 1.48. The molecule has 19 heavy (non-hydrogen) atoms. The van der Waals surface area contributed by atoms with E-state index in [2.05, 4.69) is 36.6 Å². The van der Waals surface area contributed by atoms with Crippen LogP contribution in [0.2, 0.25) is 0 Å². The highest BCUT2D eigenvalue weighted by atomic mass is 32.1. The van der Waals surface area contributed by atoms with Gasteiger partial charge >= 0.3 is 0 Å². The molecular formula is C14H27N3OS. The summed E-state index contributed by atoms with van der Waals surface area (Å²) in [6, 6.07) is 0.0955. The molecule has 0 aliphatic heterocycles. The molecule has 4 nitrogen and oxygen atoms in total. The molecule has 1 unspecified atom stereocenters. The van der Waals surface area contributed by atoms with Crippen LogP contribution in [0.25, 0.3) is 0 Å². The topological polar surface area (TPSA) is 60.2 Å². The van der Waals surface area contributed by atoms with Crippen molar-refractivity contribution in [3.8, 4) is 0 Å². The first-order chi connectivity index (χ1) is 8.62. The molecule has 0 saturated heterocycles. The second-order valence-corrected chi connectivity index (χ2v) is 7.81. The first-order valence-electron chi connectivity index (χ1n) is 6.67. The van der Waals surface area contributed by atoms with Crippen LogP contribution >= 0.6 is 11.3 Å². The Morgan fingerprint density at radius 2 is 1.95 bits per heavy atom. The van der Waals surface area contributed by atoms with E-state index in [0.29, 0.717) is 6.61 Å². The molecular weight excluding hydrogens is 258 g/mol. The van der Waals surface area contributed by atoms with Crippen molar-refractivity contribution >= 4 is 11.3 Å². The maximum atomic E-state index is 5.76.